The van der Waals surface area contributed by atoms with Crippen molar-refractivity contribution in [3.8, 4) is 0 Å². The minimum atomic E-state index is -0.270. The second kappa shape index (κ2) is 4.76. The summed E-state index contributed by atoms with van der Waals surface area (Å²) < 4.78 is 0. The first-order valence-electron chi connectivity index (χ1n) is 5.00. The molecular formula is C10H19O. The molecule has 1 aliphatic rings. The van der Waals surface area contributed by atoms with E-state index in [1.807, 2.05) is 6.92 Å². The monoisotopic (exact) mass is 155 g/mol. The van der Waals surface area contributed by atoms with Gasteiger partial charge < -0.3 is 0 Å². The van der Waals surface area contributed by atoms with Crippen LogP contribution in [-0.4, -0.2) is 6.10 Å². The predicted octanol–water partition coefficient (Wildman–Crippen LogP) is 3.17. The highest BCUT2D eigenvalue weighted by atomic mass is 16.3. The van der Waals surface area contributed by atoms with Gasteiger partial charge in [-0.15, -0.1) is 0 Å². The maximum atomic E-state index is 11.4. The summed E-state index contributed by atoms with van der Waals surface area (Å²) in [6.07, 6.45) is 8.24. The molecule has 0 aromatic carbocycles. The summed E-state index contributed by atoms with van der Waals surface area (Å²) in [4.78, 5) is 0. The van der Waals surface area contributed by atoms with Crippen LogP contribution >= 0.6 is 0 Å². The van der Waals surface area contributed by atoms with Crippen molar-refractivity contribution >= 4 is 0 Å². The Hall–Kier alpha value is -0.0400. The zero-order chi connectivity index (χ0) is 8.10. The van der Waals surface area contributed by atoms with Crippen LogP contribution in [0.1, 0.15) is 51.9 Å². The first-order valence-corrected chi connectivity index (χ1v) is 5.00. The molecule has 0 aromatic heterocycles. The normalized spacial score (nSPS) is 24.5. The fourth-order valence-electron chi connectivity index (χ4n) is 2.02. The molecule has 0 heterocycles. The molecule has 11 heavy (non-hydrogen) atoms. The average molecular weight is 155 g/mol. The second-order valence-corrected chi connectivity index (χ2v) is 3.70. The van der Waals surface area contributed by atoms with Gasteiger partial charge in [0.1, 0.15) is 0 Å². The third-order valence-electron chi connectivity index (χ3n) is 2.83. The minimum Gasteiger partial charge on any atom is -0.233 e. The quantitative estimate of drug-likeness (QED) is 0.546. The maximum Gasteiger partial charge on any atom is 0.0955 e. The van der Waals surface area contributed by atoms with Crippen molar-refractivity contribution in [1.29, 1.82) is 0 Å². The fraction of sp³-hybridized carbons (Fsp3) is 1.00. The summed E-state index contributed by atoms with van der Waals surface area (Å²) in [6, 6.07) is 0. The van der Waals surface area contributed by atoms with Crippen LogP contribution in [0, 0.1) is 5.92 Å². The van der Waals surface area contributed by atoms with Gasteiger partial charge in [0.05, 0.1) is 6.10 Å². The van der Waals surface area contributed by atoms with Crippen LogP contribution in [0.5, 0.6) is 0 Å². The predicted molar refractivity (Wildman–Crippen MR) is 46.0 cm³/mol. The third kappa shape index (κ3) is 2.82. The Bertz CT molecular complexity index is 93.0. The van der Waals surface area contributed by atoms with Crippen molar-refractivity contribution in [3.63, 3.8) is 0 Å². The number of rotatable bonds is 2. The molecule has 1 rings (SSSR count). The van der Waals surface area contributed by atoms with Crippen molar-refractivity contribution in [2.45, 2.75) is 58.0 Å². The van der Waals surface area contributed by atoms with Gasteiger partial charge in [-0.05, 0) is 25.2 Å². The number of hydrogen-bond donors (Lipinski definition) is 0. The van der Waals surface area contributed by atoms with Gasteiger partial charge in [0.25, 0.3) is 0 Å². The molecule has 0 aromatic rings. The van der Waals surface area contributed by atoms with Crippen LogP contribution in [0.15, 0.2) is 0 Å². The van der Waals surface area contributed by atoms with Crippen LogP contribution in [0.4, 0.5) is 0 Å². The van der Waals surface area contributed by atoms with Crippen molar-refractivity contribution in [3.05, 3.63) is 0 Å². The molecule has 0 N–H and O–H groups in total. The van der Waals surface area contributed by atoms with Crippen molar-refractivity contribution < 1.29 is 5.11 Å². The van der Waals surface area contributed by atoms with E-state index in [1.165, 1.54) is 38.5 Å². The van der Waals surface area contributed by atoms with Gasteiger partial charge in [-0.2, -0.15) is 0 Å². The zero-order valence-electron chi connectivity index (χ0n) is 7.51. The summed E-state index contributed by atoms with van der Waals surface area (Å²) in [5.41, 5.74) is 0. The highest BCUT2D eigenvalue weighted by Crippen LogP contribution is 2.26. The van der Waals surface area contributed by atoms with Gasteiger partial charge in [0, 0.05) is 0 Å². The topological polar surface area (TPSA) is 19.9 Å². The molecule has 0 amide bonds. The highest BCUT2D eigenvalue weighted by molar-refractivity contribution is 4.70. The fourth-order valence-corrected chi connectivity index (χ4v) is 2.02. The van der Waals surface area contributed by atoms with Crippen LogP contribution < -0.4 is 0 Å². The van der Waals surface area contributed by atoms with Gasteiger partial charge in [0.15, 0.2) is 0 Å². The van der Waals surface area contributed by atoms with Gasteiger partial charge in [-0.3, -0.25) is 0 Å². The smallest absolute Gasteiger partial charge is 0.0955 e. The number of hydrogen-bond acceptors (Lipinski definition) is 0. The Morgan fingerprint density at radius 1 is 1.18 bits per heavy atom. The Morgan fingerprint density at radius 2 is 1.73 bits per heavy atom. The van der Waals surface area contributed by atoms with Crippen molar-refractivity contribution in [2.75, 3.05) is 0 Å². The zero-order valence-corrected chi connectivity index (χ0v) is 7.51. The summed E-state index contributed by atoms with van der Waals surface area (Å²) in [6.45, 7) is 2.02. The van der Waals surface area contributed by atoms with Gasteiger partial charge in [-0.1, -0.05) is 32.6 Å². The molecule has 1 nitrogen and oxygen atoms in total. The van der Waals surface area contributed by atoms with Crippen molar-refractivity contribution in [2.24, 2.45) is 5.92 Å². The molecule has 1 fully saturated rings. The molecule has 1 unspecified atom stereocenters. The molecule has 1 atom stereocenters. The Morgan fingerprint density at radius 3 is 2.18 bits per heavy atom. The van der Waals surface area contributed by atoms with E-state index >= 15 is 0 Å². The molecule has 1 aliphatic carbocycles. The lowest BCUT2D eigenvalue weighted by molar-refractivity contribution is 0.0275. The van der Waals surface area contributed by atoms with E-state index in [2.05, 4.69) is 0 Å². The Balaban J connectivity index is 2.30. The van der Waals surface area contributed by atoms with Crippen LogP contribution in [-0.2, 0) is 5.11 Å². The lowest BCUT2D eigenvalue weighted by Gasteiger charge is -2.17. The SMILES string of the molecule is CCC([O])C1CCCCCC1. The van der Waals surface area contributed by atoms with Crippen LogP contribution in [0.2, 0.25) is 0 Å². The van der Waals surface area contributed by atoms with Crippen LogP contribution in [0.25, 0.3) is 0 Å². The summed E-state index contributed by atoms with van der Waals surface area (Å²) >= 11 is 0. The van der Waals surface area contributed by atoms with E-state index in [0.29, 0.717) is 5.92 Å². The van der Waals surface area contributed by atoms with Gasteiger partial charge in [-0.25, -0.2) is 5.11 Å². The minimum absolute atomic E-state index is 0.270. The molecule has 65 valence electrons. The first kappa shape index (κ1) is 9.05. The van der Waals surface area contributed by atoms with E-state index in [9.17, 15) is 5.11 Å². The molecule has 1 radical (unpaired) electrons. The molecule has 0 spiro atoms. The average Bonchev–Trinajstić information content (AvgIpc) is 2.30. The lowest BCUT2D eigenvalue weighted by atomic mass is 9.93. The molecule has 0 saturated heterocycles. The van der Waals surface area contributed by atoms with E-state index < -0.39 is 0 Å². The largest absolute Gasteiger partial charge is 0.233 e. The summed E-state index contributed by atoms with van der Waals surface area (Å²) in [5, 5.41) is 11.4. The molecule has 1 heteroatoms. The molecule has 1 saturated carbocycles. The van der Waals surface area contributed by atoms with E-state index in [4.69, 9.17) is 0 Å². The molecular weight excluding hydrogens is 136 g/mol. The van der Waals surface area contributed by atoms with Gasteiger partial charge >= 0.3 is 0 Å². The maximum absolute atomic E-state index is 11.4. The summed E-state index contributed by atoms with van der Waals surface area (Å²) in [5.74, 6) is 0.502. The Labute approximate surface area is 69.8 Å². The molecule has 0 aliphatic heterocycles. The van der Waals surface area contributed by atoms with Gasteiger partial charge in [0.2, 0.25) is 0 Å². The van der Waals surface area contributed by atoms with Crippen LogP contribution in [0.3, 0.4) is 0 Å². The molecule has 0 bridgehead atoms. The Kier molecular flexibility index (Phi) is 3.92. The van der Waals surface area contributed by atoms with Crippen molar-refractivity contribution in [1.82, 2.24) is 0 Å². The lowest BCUT2D eigenvalue weighted by Crippen LogP contribution is -2.17. The standard InChI is InChI=1S/C10H19O/c1-2-10(11)9-7-5-3-4-6-8-9/h9-10H,2-8H2,1H3. The van der Waals surface area contributed by atoms with E-state index in [0.717, 1.165) is 6.42 Å². The highest BCUT2D eigenvalue weighted by Gasteiger charge is 2.19. The second-order valence-electron chi connectivity index (χ2n) is 3.70. The van der Waals surface area contributed by atoms with E-state index in [-0.39, 0.29) is 6.10 Å². The van der Waals surface area contributed by atoms with E-state index in [1.54, 1.807) is 0 Å². The third-order valence-corrected chi connectivity index (χ3v) is 2.83. The first-order chi connectivity index (χ1) is 5.34. The summed E-state index contributed by atoms with van der Waals surface area (Å²) in [7, 11) is 0.